The van der Waals surface area contributed by atoms with Crippen LogP contribution in [-0.4, -0.2) is 62.8 Å². The first-order valence-electron chi connectivity index (χ1n) is 26.6. The molecule has 0 aliphatic heterocycles. The zero-order valence-corrected chi connectivity index (χ0v) is 49.5. The number of anilines is 1. The number of carboxylic acid groups (broad SMARTS) is 1. The van der Waals surface area contributed by atoms with Crippen molar-refractivity contribution < 1.29 is 54.0 Å². The highest BCUT2D eigenvalue weighted by atomic mass is 36.0. The molecule has 0 bridgehead atoms. The Morgan fingerprint density at radius 2 is 1.04 bits per heavy atom. The van der Waals surface area contributed by atoms with Crippen LogP contribution in [0, 0.1) is 0 Å². The van der Waals surface area contributed by atoms with Gasteiger partial charge >= 0.3 is 17.4 Å². The van der Waals surface area contributed by atoms with Gasteiger partial charge in [-0.05, 0) is 118 Å². The van der Waals surface area contributed by atoms with Crippen LogP contribution >= 0.6 is 63.1 Å². The van der Waals surface area contributed by atoms with Crippen LogP contribution in [0.25, 0.3) is 24.2 Å². The number of phenolic OH excluding ortho intramolecular Hbond substituents is 1. The Kier molecular flexibility index (Phi) is 39.4. The Labute approximate surface area is 494 Å². The summed E-state index contributed by atoms with van der Waals surface area (Å²) >= 11 is 3.35. The fraction of sp³-hybridized carbons (Fsp3) is 0.172. The van der Waals surface area contributed by atoms with E-state index in [-0.39, 0.29) is 66.5 Å². The van der Waals surface area contributed by atoms with Crippen molar-refractivity contribution >= 4 is 136 Å². The Morgan fingerprint density at radius 1 is 0.658 bits per heavy atom. The van der Waals surface area contributed by atoms with Crippen molar-refractivity contribution in [1.29, 1.82) is 0 Å². The molecule has 0 radical (unpaired) electrons. The molecule has 76 heavy (non-hydrogen) atoms. The Balaban J connectivity index is -0.000000941. The standard InChI is InChI=1S/C17H16O2.C10H8O2.C9H7ClO.C9H8O2.C7H9NO.3C2H6.Al.Cl2OS.3ClH/c1-19-17-11-8-15(9-12-17)13-16(18)10-7-14-5-3-2-4-6-14;11-9-3-1-7-5-10(12)4-2-8(7)6-9;2*10-9(11)7-6-8-4-2-1-3-5-8;1-9-7-4-2-6(8)3-5-7;3*1-2;;1-4(2)3;;;/h2-12H,13H2,1H3;1-5,12H,6H2;1-7H;1-7H,(H,10,11);2-5H,8H2,1H3;3*1-2H3;;;3*1H/q;;;;;;;;+3;;;;/p-3/b10-7+;;2*7-6+;;;;;;;;;/i7D,10D;1D,3D;2*6D,7D;;;;;;;;;. The third-order valence-corrected chi connectivity index (χ3v) is 7.80. The zero-order valence-electron chi connectivity index (χ0n) is 51.0. The summed E-state index contributed by atoms with van der Waals surface area (Å²) in [7, 11) is 25.4. The molecule has 10 nitrogen and oxygen atoms in total. The first-order chi connectivity index (χ1) is 39.7. The van der Waals surface area contributed by atoms with Crippen LogP contribution in [0.1, 0.15) is 85.9 Å². The molecule has 0 saturated carbocycles. The van der Waals surface area contributed by atoms with Gasteiger partial charge in [0.05, 0.1) is 25.2 Å². The molecule has 408 valence electrons. The van der Waals surface area contributed by atoms with E-state index in [9.17, 15) is 24.3 Å². The van der Waals surface area contributed by atoms with Crippen LogP contribution in [0.15, 0.2) is 182 Å². The molecule has 18 heteroatoms. The fourth-order valence-electron chi connectivity index (χ4n) is 4.72. The maximum Gasteiger partial charge on any atom is 0.643 e. The van der Waals surface area contributed by atoms with Gasteiger partial charge in [-0.15, -0.1) is 0 Å². The number of rotatable bonds is 10. The van der Waals surface area contributed by atoms with Gasteiger partial charge in [0.15, 0.2) is 11.6 Å². The lowest BCUT2D eigenvalue weighted by Gasteiger charge is -2.08. The number of benzene rings is 6. The maximum atomic E-state index is 12.1. The minimum atomic E-state index is -1.72. The Hall–Kier alpha value is -5.62. The number of hydrogen-bond acceptors (Lipinski definition) is 9. The number of nitrogen functional groups attached to an aromatic ring is 1. The molecular weight excluding hydrogens is 1130 g/mol. The maximum absolute atomic E-state index is 12.1. The molecule has 0 amide bonds. The molecule has 0 aromatic heterocycles. The molecule has 6 aromatic carbocycles. The summed E-state index contributed by atoms with van der Waals surface area (Å²) in [4.78, 5) is 44.2. The first kappa shape index (κ1) is 59.6. The lowest BCUT2D eigenvalue weighted by molar-refractivity contribution is -0.131. The molecule has 4 N–H and O–H groups in total. The molecule has 1 aliphatic rings. The summed E-state index contributed by atoms with van der Waals surface area (Å²) < 4.78 is 78.8. The van der Waals surface area contributed by atoms with Gasteiger partial charge in [0.25, 0.3) is 0 Å². The lowest BCUT2D eigenvalue weighted by Crippen LogP contribution is -2.04. The number of ether oxygens (including phenoxy) is 2. The second kappa shape index (κ2) is 50.2. The van der Waals surface area contributed by atoms with E-state index >= 15 is 0 Å². The monoisotopic (exact) mass is 1200 g/mol. The number of fused-ring (bicyclic) bond motifs is 1. The molecule has 7 rings (SSSR count). The fourth-order valence-corrected chi connectivity index (χ4v) is 4.77. The third kappa shape index (κ3) is 44.7. The molecule has 0 atom stereocenters. The zero-order chi connectivity index (χ0) is 65.1. The normalized spacial score (nSPS) is 12.5. The molecule has 6 aromatic rings. The predicted molar refractivity (Wildman–Crippen MR) is 327 cm³/mol. The summed E-state index contributed by atoms with van der Waals surface area (Å²) in [5.74, 6) is -0.478. The lowest BCUT2D eigenvalue weighted by atomic mass is 9.97. The molecule has 0 fully saturated rings. The quantitative estimate of drug-likeness (QED) is 0.0519. The molecule has 0 saturated heterocycles. The van der Waals surface area contributed by atoms with E-state index in [0.717, 1.165) is 22.7 Å². The number of aliphatic carboxylic acids is 1. The van der Waals surface area contributed by atoms with E-state index in [0.29, 0.717) is 27.8 Å². The van der Waals surface area contributed by atoms with E-state index < -0.39 is 43.9 Å². The number of phenols is 1. The van der Waals surface area contributed by atoms with Crippen molar-refractivity contribution in [3.8, 4) is 17.2 Å². The van der Waals surface area contributed by atoms with Gasteiger partial charge in [0.1, 0.15) is 17.2 Å². The summed E-state index contributed by atoms with van der Waals surface area (Å²) in [6.45, 7) is 12.0. The summed E-state index contributed by atoms with van der Waals surface area (Å²) in [6, 6.07) is 42.4. The highest BCUT2D eigenvalue weighted by Crippen LogP contribution is 2.22. The van der Waals surface area contributed by atoms with Crippen LogP contribution in [0.5, 0.6) is 17.2 Å². The number of hydrogen-bond donors (Lipinski definition) is 3. The minimum Gasteiger partial charge on any atom is -0.508 e. The number of carbonyl (C=O) groups excluding carboxylic acids is 3. The van der Waals surface area contributed by atoms with Crippen molar-refractivity contribution in [2.75, 3.05) is 20.0 Å². The van der Waals surface area contributed by atoms with E-state index in [1.165, 1.54) is 12.1 Å². The van der Waals surface area contributed by atoms with E-state index in [1.54, 1.807) is 142 Å². The summed E-state index contributed by atoms with van der Waals surface area (Å²) in [5.41, 5.74) is 9.70. The molecule has 1 aliphatic carbocycles. The van der Waals surface area contributed by atoms with Gasteiger partial charge < -0.3 is 25.4 Å². The first-order valence-corrected chi connectivity index (χ1v) is 31.0. The summed E-state index contributed by atoms with van der Waals surface area (Å²) in [5, 5.41) is 16.7. The van der Waals surface area contributed by atoms with Crippen molar-refractivity contribution in [2.24, 2.45) is 0 Å². The van der Waals surface area contributed by atoms with Crippen molar-refractivity contribution in [1.82, 2.24) is 0 Å². The molecule has 0 unspecified atom stereocenters. The molecule has 0 heterocycles. The minimum absolute atomic E-state index is 0.0471. The van der Waals surface area contributed by atoms with Gasteiger partial charge in [0, 0.05) is 45.9 Å². The SMILES string of the molecule is CC.CC.CC.COc1ccc(N)cc1.O=S(Cl)Cl.[2H]/C(C(=O)Cc1ccc(OC)cc1)=C(/[2H])c1ccccc1.[2H]/C(C(=O)Cl)=C(/[2H])c1ccccc1.[2H]/C(C(=O)O)=C(/[2H])c1ccccc1.[2H]C1=C([2H])c2cc(O)ccc2CC1=O.[Cl][Al]([Cl])[Cl]. The van der Waals surface area contributed by atoms with Gasteiger partial charge in [-0.2, -0.15) is 0 Å². The number of carbonyl (C=O) groups is 4. The van der Waals surface area contributed by atoms with Crippen molar-refractivity contribution in [3.63, 3.8) is 0 Å². The van der Waals surface area contributed by atoms with Gasteiger partial charge in [-0.3, -0.25) is 14.4 Å². The number of ketones is 2. The van der Waals surface area contributed by atoms with E-state index in [2.05, 4.69) is 21.4 Å². The topological polar surface area (TPSA) is 170 Å². The second-order valence-corrected chi connectivity index (χ2v) is 22.1. The van der Waals surface area contributed by atoms with Crippen LogP contribution in [-0.2, 0) is 41.2 Å². The Bertz CT molecular complexity index is 2980. The highest BCUT2D eigenvalue weighted by molar-refractivity contribution is 8.26. The number of allylic oxidation sites excluding steroid dienone is 3. The predicted octanol–water partition coefficient (Wildman–Crippen LogP) is 16.4. The van der Waals surface area contributed by atoms with Crippen LogP contribution in [0.3, 0.4) is 0 Å². The van der Waals surface area contributed by atoms with E-state index in [4.69, 9.17) is 77.2 Å². The molecule has 0 spiro atoms. The summed E-state index contributed by atoms with van der Waals surface area (Å²) in [6.07, 6.45) is 0.259. The average molecular weight is 1200 g/mol. The van der Waals surface area contributed by atoms with Gasteiger partial charge in [-0.25, -0.2) is 39.2 Å². The second-order valence-electron chi connectivity index (χ2n) is 12.8. The number of methoxy groups -OCH3 is 2. The number of nitrogens with two attached hydrogens (primary N) is 1. The van der Waals surface area contributed by atoms with E-state index in [1.807, 2.05) is 59.7 Å². The van der Waals surface area contributed by atoms with Crippen LogP contribution in [0.4, 0.5) is 5.69 Å². The average Bonchev–Trinajstić information content (AvgIpc) is 3.51. The molecular formula is C58H66AlCl6NO9S. The largest absolute Gasteiger partial charge is 0.643 e. The highest BCUT2D eigenvalue weighted by Gasteiger charge is 2.10. The number of aromatic hydroxyl groups is 1. The van der Waals surface area contributed by atoms with Crippen LogP contribution < -0.4 is 15.2 Å². The van der Waals surface area contributed by atoms with Gasteiger partial charge in [0.2, 0.25) is 14.5 Å². The number of halogens is 6. The van der Waals surface area contributed by atoms with Crippen molar-refractivity contribution in [3.05, 3.63) is 215 Å². The van der Waals surface area contributed by atoms with Gasteiger partial charge in [-0.1, -0.05) is 169 Å². The van der Waals surface area contributed by atoms with Crippen molar-refractivity contribution in [2.45, 2.75) is 54.4 Å². The number of carboxylic acids is 1. The smallest absolute Gasteiger partial charge is 0.508 e. The third-order valence-electron chi connectivity index (χ3n) is 7.71. The Morgan fingerprint density at radius 3 is 1.42 bits per heavy atom. The van der Waals surface area contributed by atoms with Crippen LogP contribution in [0.2, 0.25) is 0 Å².